The van der Waals surface area contributed by atoms with Crippen LogP contribution in [0.1, 0.15) is 49.1 Å². The number of carboxylic acid groups (broad SMARTS) is 1. The van der Waals surface area contributed by atoms with Gasteiger partial charge in [-0.05, 0) is 68.4 Å². The zero-order chi connectivity index (χ0) is 24.5. The lowest BCUT2D eigenvalue weighted by molar-refractivity contribution is -0.141. The molecule has 8 nitrogen and oxygen atoms in total. The summed E-state index contributed by atoms with van der Waals surface area (Å²) in [5.74, 6) is -0.965. The molecule has 0 unspecified atom stereocenters. The predicted molar refractivity (Wildman–Crippen MR) is 117 cm³/mol. The minimum Gasteiger partial charge on any atom is -0.481 e. The molecule has 1 aromatic carbocycles. The van der Waals surface area contributed by atoms with Gasteiger partial charge in [0.15, 0.2) is 0 Å². The first kappa shape index (κ1) is 23.7. The molecule has 2 heterocycles. The highest BCUT2D eigenvalue weighted by molar-refractivity contribution is 5.67. The van der Waals surface area contributed by atoms with Crippen LogP contribution in [0.2, 0.25) is 0 Å². The van der Waals surface area contributed by atoms with E-state index in [0.717, 1.165) is 17.8 Å². The second kappa shape index (κ2) is 9.05. The van der Waals surface area contributed by atoms with E-state index in [0.29, 0.717) is 42.8 Å². The molecule has 34 heavy (non-hydrogen) atoms. The Morgan fingerprint density at radius 1 is 1.24 bits per heavy atom. The molecule has 0 radical (unpaired) electrons. The largest absolute Gasteiger partial charge is 0.481 e. The van der Waals surface area contributed by atoms with E-state index in [1.807, 2.05) is 13.0 Å². The topological polar surface area (TPSA) is 113 Å². The number of nitrogens with one attached hydrogen (secondary N) is 1. The number of alkyl halides is 3. The molecule has 1 fully saturated rings. The second-order valence-corrected chi connectivity index (χ2v) is 8.68. The van der Waals surface area contributed by atoms with Crippen LogP contribution in [0.15, 0.2) is 43.0 Å². The van der Waals surface area contributed by atoms with Gasteiger partial charge in [0, 0.05) is 30.2 Å². The van der Waals surface area contributed by atoms with E-state index in [2.05, 4.69) is 20.3 Å². The highest BCUT2D eigenvalue weighted by atomic mass is 19.4. The normalized spacial score (nSPS) is 20.8. The van der Waals surface area contributed by atoms with Gasteiger partial charge in [-0.3, -0.25) is 4.79 Å². The van der Waals surface area contributed by atoms with Crippen LogP contribution in [0.5, 0.6) is 0 Å². The number of carbonyl (C=O) groups is 1. The van der Waals surface area contributed by atoms with E-state index in [1.165, 1.54) is 0 Å². The van der Waals surface area contributed by atoms with Crippen LogP contribution < -0.4 is 5.32 Å². The number of imidazole rings is 1. The Morgan fingerprint density at radius 2 is 1.97 bits per heavy atom. The molecule has 3 N–H and O–H groups in total. The molecule has 1 aliphatic carbocycles. The molecule has 11 heteroatoms. The molecule has 1 aliphatic rings. The molecule has 0 amide bonds. The van der Waals surface area contributed by atoms with E-state index in [4.69, 9.17) is 5.11 Å². The van der Waals surface area contributed by atoms with Crippen molar-refractivity contribution in [1.82, 2.24) is 19.5 Å². The average molecular weight is 475 g/mol. The van der Waals surface area contributed by atoms with E-state index >= 15 is 0 Å². The number of halogens is 3. The Morgan fingerprint density at radius 3 is 2.65 bits per heavy atom. The number of aliphatic hydroxyl groups is 1. The Hall–Kier alpha value is -3.47. The van der Waals surface area contributed by atoms with Gasteiger partial charge in [-0.2, -0.15) is 13.2 Å². The van der Waals surface area contributed by atoms with Gasteiger partial charge in [0.05, 0.1) is 12.0 Å². The summed E-state index contributed by atoms with van der Waals surface area (Å²) in [6.07, 6.45) is 1.91. The highest BCUT2D eigenvalue weighted by Gasteiger charge is 2.37. The lowest BCUT2D eigenvalue weighted by Gasteiger charge is -2.34. The zero-order valence-corrected chi connectivity index (χ0v) is 18.4. The van der Waals surface area contributed by atoms with E-state index in [1.54, 1.807) is 29.2 Å². The molecule has 2 aromatic heterocycles. The van der Waals surface area contributed by atoms with Crippen molar-refractivity contribution in [3.8, 4) is 5.69 Å². The molecule has 1 saturated carbocycles. The van der Waals surface area contributed by atoms with E-state index in [9.17, 15) is 23.1 Å². The van der Waals surface area contributed by atoms with Crippen LogP contribution in [0.25, 0.3) is 5.69 Å². The summed E-state index contributed by atoms with van der Waals surface area (Å²) in [7, 11) is 0. The van der Waals surface area contributed by atoms with Crippen molar-refractivity contribution in [2.45, 2.75) is 50.8 Å². The van der Waals surface area contributed by atoms with Gasteiger partial charge in [-0.25, -0.2) is 15.0 Å². The van der Waals surface area contributed by atoms with Crippen molar-refractivity contribution in [2.24, 2.45) is 5.92 Å². The first-order chi connectivity index (χ1) is 16.0. The Labute approximate surface area is 193 Å². The number of rotatable bonds is 6. The fourth-order valence-electron chi connectivity index (χ4n) is 4.26. The lowest BCUT2D eigenvalue weighted by Crippen LogP contribution is -2.32. The second-order valence-electron chi connectivity index (χ2n) is 8.68. The summed E-state index contributed by atoms with van der Waals surface area (Å²) >= 11 is 0. The van der Waals surface area contributed by atoms with Gasteiger partial charge < -0.3 is 20.1 Å². The number of anilines is 2. The third kappa shape index (κ3) is 5.36. The summed E-state index contributed by atoms with van der Waals surface area (Å²) in [5, 5.41) is 22.9. The smallest absolute Gasteiger partial charge is 0.433 e. The summed E-state index contributed by atoms with van der Waals surface area (Å²) in [5.41, 5.74) is 0.364. The zero-order valence-electron chi connectivity index (χ0n) is 18.4. The van der Waals surface area contributed by atoms with Crippen molar-refractivity contribution in [2.75, 3.05) is 5.32 Å². The first-order valence-corrected chi connectivity index (χ1v) is 10.8. The third-order valence-corrected chi connectivity index (χ3v) is 6.02. The van der Waals surface area contributed by atoms with Gasteiger partial charge >= 0.3 is 12.1 Å². The van der Waals surface area contributed by atoms with Crippen molar-refractivity contribution < 1.29 is 28.2 Å². The summed E-state index contributed by atoms with van der Waals surface area (Å²) in [4.78, 5) is 22.7. The molecular formula is C23H24F3N5O3. The van der Waals surface area contributed by atoms with Crippen LogP contribution in [0.4, 0.5) is 24.8 Å². The van der Waals surface area contributed by atoms with Crippen molar-refractivity contribution in [1.29, 1.82) is 0 Å². The van der Waals surface area contributed by atoms with Crippen molar-refractivity contribution >= 4 is 17.6 Å². The lowest BCUT2D eigenvalue weighted by atomic mass is 9.76. The molecule has 180 valence electrons. The fourth-order valence-corrected chi connectivity index (χ4v) is 4.26. The maximum Gasteiger partial charge on any atom is 0.433 e. The van der Waals surface area contributed by atoms with Gasteiger partial charge in [0.2, 0.25) is 5.95 Å². The van der Waals surface area contributed by atoms with E-state index < -0.39 is 23.4 Å². The highest BCUT2D eigenvalue weighted by Crippen LogP contribution is 2.40. The number of aromatic nitrogens is 4. The van der Waals surface area contributed by atoms with Crippen LogP contribution in [-0.4, -0.2) is 35.7 Å². The van der Waals surface area contributed by atoms with Gasteiger partial charge in [0.25, 0.3) is 0 Å². The third-order valence-electron chi connectivity index (χ3n) is 6.02. The molecule has 4 rings (SSSR count). The Balaban J connectivity index is 1.53. The Kier molecular flexibility index (Phi) is 6.30. The summed E-state index contributed by atoms with van der Waals surface area (Å²) in [6, 6.07) is 6.15. The number of hydrogen-bond acceptors (Lipinski definition) is 6. The number of nitrogens with zero attached hydrogens (tertiary/aromatic N) is 4. The number of aryl methyl sites for hydroxylation is 1. The molecule has 0 saturated heterocycles. The SMILES string of the molecule is Cc1cc(Nc2nccc(C(F)(F)F)n2)cc(-n2cnc([C@]3(O)CC[C@H](CC(=O)O)CC3)c2)c1. The number of aliphatic carboxylic acids is 1. The monoisotopic (exact) mass is 475 g/mol. The van der Waals surface area contributed by atoms with Crippen LogP contribution >= 0.6 is 0 Å². The predicted octanol–water partition coefficient (Wildman–Crippen LogP) is 4.59. The van der Waals surface area contributed by atoms with Crippen molar-refractivity contribution in [3.05, 3.63) is 59.9 Å². The quantitative estimate of drug-likeness (QED) is 0.478. The minimum absolute atomic E-state index is 0.0448. The molecule has 0 aliphatic heterocycles. The van der Waals surface area contributed by atoms with Gasteiger partial charge in [0.1, 0.15) is 11.3 Å². The maximum atomic E-state index is 12.9. The summed E-state index contributed by atoms with van der Waals surface area (Å²) in [6.45, 7) is 1.84. The first-order valence-electron chi connectivity index (χ1n) is 10.8. The standard InChI is InChI=1S/C23H24F3N5O3/c1-14-8-16(29-21-27-7-4-18(30-21)23(24,25)26)11-17(9-14)31-12-19(28-13-31)22(34)5-2-15(3-6-22)10-20(32)33/h4,7-9,11-13,15,34H,2-3,5-6,10H2,1H3,(H,32,33)(H,27,29,30)/t15-,22-. The Bertz CT molecular complexity index is 1190. The molecule has 3 aromatic rings. The number of benzene rings is 1. The molecule has 0 bridgehead atoms. The summed E-state index contributed by atoms with van der Waals surface area (Å²) < 4.78 is 40.6. The van der Waals surface area contributed by atoms with Crippen LogP contribution in [0.3, 0.4) is 0 Å². The van der Waals surface area contributed by atoms with Gasteiger partial charge in [-0.1, -0.05) is 0 Å². The minimum atomic E-state index is -4.57. The number of hydrogen-bond donors (Lipinski definition) is 3. The fraction of sp³-hybridized carbons (Fsp3) is 0.391. The van der Waals surface area contributed by atoms with Crippen LogP contribution in [-0.2, 0) is 16.6 Å². The maximum absolute atomic E-state index is 12.9. The molecular weight excluding hydrogens is 451 g/mol. The molecule has 0 atom stereocenters. The van der Waals surface area contributed by atoms with Crippen molar-refractivity contribution in [3.63, 3.8) is 0 Å². The number of carboxylic acids is 1. The van der Waals surface area contributed by atoms with Crippen LogP contribution in [0, 0.1) is 12.8 Å². The molecule has 0 spiro atoms. The average Bonchev–Trinajstić information content (AvgIpc) is 3.26. The van der Waals surface area contributed by atoms with E-state index in [-0.39, 0.29) is 18.3 Å². The van der Waals surface area contributed by atoms with Gasteiger partial charge in [-0.15, -0.1) is 0 Å².